The fourth-order valence-corrected chi connectivity index (χ4v) is 3.83. The minimum Gasteiger partial charge on any atom is -0.338 e. The Bertz CT molecular complexity index is 472. The summed E-state index contributed by atoms with van der Waals surface area (Å²) >= 11 is 0. The maximum absolute atomic E-state index is 12.0. The van der Waals surface area contributed by atoms with Crippen molar-refractivity contribution in [3.63, 3.8) is 0 Å². The first-order valence-corrected chi connectivity index (χ1v) is 7.38. The molecule has 1 aliphatic carbocycles. The highest BCUT2D eigenvalue weighted by Gasteiger charge is 2.36. The first kappa shape index (κ1) is 12.7. The molecule has 1 saturated heterocycles. The first-order chi connectivity index (χ1) is 9.31. The van der Waals surface area contributed by atoms with E-state index in [4.69, 9.17) is 5.73 Å². The van der Waals surface area contributed by atoms with Gasteiger partial charge < -0.3 is 10.6 Å². The number of nitrogens with zero attached hydrogens (tertiary/aromatic N) is 1. The van der Waals surface area contributed by atoms with Crippen LogP contribution >= 0.6 is 0 Å². The Kier molecular flexibility index (Phi) is 3.56. The highest BCUT2D eigenvalue weighted by Crippen LogP contribution is 2.39. The van der Waals surface area contributed by atoms with E-state index in [1.54, 1.807) is 0 Å². The van der Waals surface area contributed by atoms with Crippen molar-refractivity contribution in [2.75, 3.05) is 13.1 Å². The molecular formula is C16H22N2O. The van der Waals surface area contributed by atoms with Gasteiger partial charge in [0.15, 0.2) is 0 Å². The van der Waals surface area contributed by atoms with Gasteiger partial charge in [-0.3, -0.25) is 4.79 Å². The van der Waals surface area contributed by atoms with Crippen molar-refractivity contribution in [3.8, 4) is 0 Å². The summed E-state index contributed by atoms with van der Waals surface area (Å²) in [4.78, 5) is 14.0. The van der Waals surface area contributed by atoms with Crippen LogP contribution in [0.4, 0.5) is 0 Å². The van der Waals surface area contributed by atoms with E-state index in [1.165, 1.54) is 30.4 Å². The molecule has 0 bridgehead atoms. The molecule has 0 aromatic heterocycles. The standard InChI is InChI=1S/C16H22N2O/c17-11-16(19)18-10-4-9-15(18)14-8-3-6-12-5-1-2-7-13(12)14/h1-2,5,7,14-15H,3-4,6,8-11,17H2/t14-,15-/m0/s1. The Morgan fingerprint density at radius 2 is 2.11 bits per heavy atom. The van der Waals surface area contributed by atoms with Crippen molar-refractivity contribution >= 4 is 5.91 Å². The van der Waals surface area contributed by atoms with E-state index >= 15 is 0 Å². The highest BCUT2D eigenvalue weighted by molar-refractivity contribution is 5.78. The molecule has 1 amide bonds. The second kappa shape index (κ2) is 5.33. The molecule has 1 aliphatic heterocycles. The fraction of sp³-hybridized carbons (Fsp3) is 0.562. The molecule has 19 heavy (non-hydrogen) atoms. The lowest BCUT2D eigenvalue weighted by atomic mass is 9.78. The molecular weight excluding hydrogens is 236 g/mol. The van der Waals surface area contributed by atoms with Crippen LogP contribution in [0.3, 0.4) is 0 Å². The van der Waals surface area contributed by atoms with E-state index < -0.39 is 0 Å². The summed E-state index contributed by atoms with van der Waals surface area (Å²) in [6.07, 6.45) is 5.88. The van der Waals surface area contributed by atoms with Gasteiger partial charge in [0.05, 0.1) is 6.54 Å². The van der Waals surface area contributed by atoms with E-state index in [-0.39, 0.29) is 12.5 Å². The number of nitrogens with two attached hydrogens (primary N) is 1. The maximum atomic E-state index is 12.0. The lowest BCUT2D eigenvalue weighted by Crippen LogP contribution is -2.43. The van der Waals surface area contributed by atoms with Gasteiger partial charge in [0.1, 0.15) is 0 Å². The molecule has 2 atom stereocenters. The molecule has 2 N–H and O–H groups in total. The van der Waals surface area contributed by atoms with Gasteiger partial charge in [-0.2, -0.15) is 0 Å². The van der Waals surface area contributed by atoms with Crippen LogP contribution in [0, 0.1) is 0 Å². The number of likely N-dealkylation sites (tertiary alicyclic amines) is 1. The van der Waals surface area contributed by atoms with Crippen molar-refractivity contribution < 1.29 is 4.79 Å². The first-order valence-electron chi connectivity index (χ1n) is 7.38. The summed E-state index contributed by atoms with van der Waals surface area (Å²) in [6, 6.07) is 9.12. The summed E-state index contributed by atoms with van der Waals surface area (Å²) in [6.45, 7) is 1.03. The number of carbonyl (C=O) groups is 1. The van der Waals surface area contributed by atoms with Crippen LogP contribution in [0.2, 0.25) is 0 Å². The lowest BCUT2D eigenvalue weighted by molar-refractivity contribution is -0.130. The zero-order valence-corrected chi connectivity index (χ0v) is 11.3. The number of hydrogen-bond acceptors (Lipinski definition) is 2. The average Bonchev–Trinajstić information content (AvgIpc) is 2.95. The van der Waals surface area contributed by atoms with Crippen LogP contribution in [0.1, 0.15) is 42.7 Å². The van der Waals surface area contributed by atoms with Crippen molar-refractivity contribution in [1.29, 1.82) is 0 Å². The van der Waals surface area contributed by atoms with Crippen molar-refractivity contribution in [3.05, 3.63) is 35.4 Å². The number of amides is 1. The molecule has 1 aromatic carbocycles. The Morgan fingerprint density at radius 1 is 1.26 bits per heavy atom. The Morgan fingerprint density at radius 3 is 2.95 bits per heavy atom. The van der Waals surface area contributed by atoms with Gasteiger partial charge in [0.2, 0.25) is 5.91 Å². The van der Waals surface area contributed by atoms with Crippen LogP contribution in [0.5, 0.6) is 0 Å². The Labute approximate surface area is 114 Å². The molecule has 3 nitrogen and oxygen atoms in total. The number of aryl methyl sites for hydroxylation is 1. The number of benzene rings is 1. The number of fused-ring (bicyclic) bond motifs is 1. The van der Waals surface area contributed by atoms with Crippen LogP contribution in [0.15, 0.2) is 24.3 Å². The molecule has 0 unspecified atom stereocenters. The normalized spacial score (nSPS) is 26.3. The van der Waals surface area contributed by atoms with E-state index in [0.717, 1.165) is 19.4 Å². The maximum Gasteiger partial charge on any atom is 0.236 e. The van der Waals surface area contributed by atoms with Crippen LogP contribution in [-0.2, 0) is 11.2 Å². The largest absolute Gasteiger partial charge is 0.338 e. The second-order valence-electron chi connectivity index (χ2n) is 5.70. The van der Waals surface area contributed by atoms with Crippen LogP contribution in [-0.4, -0.2) is 29.9 Å². The molecule has 0 radical (unpaired) electrons. The highest BCUT2D eigenvalue weighted by atomic mass is 16.2. The predicted octanol–water partition coefficient (Wildman–Crippen LogP) is 2.06. The fourth-order valence-electron chi connectivity index (χ4n) is 3.83. The average molecular weight is 258 g/mol. The topological polar surface area (TPSA) is 46.3 Å². The van der Waals surface area contributed by atoms with Crippen LogP contribution in [0.25, 0.3) is 0 Å². The number of rotatable bonds is 2. The third-order valence-electron chi connectivity index (χ3n) is 4.67. The minimum atomic E-state index is 0.116. The lowest BCUT2D eigenvalue weighted by Gasteiger charge is -2.35. The Hall–Kier alpha value is -1.35. The summed E-state index contributed by atoms with van der Waals surface area (Å²) in [5.41, 5.74) is 8.49. The molecule has 0 spiro atoms. The third-order valence-corrected chi connectivity index (χ3v) is 4.67. The van der Waals surface area contributed by atoms with Gasteiger partial charge in [-0.05, 0) is 43.2 Å². The van der Waals surface area contributed by atoms with E-state index in [9.17, 15) is 4.79 Å². The molecule has 1 aromatic rings. The SMILES string of the molecule is NCC(=O)N1CCC[C@H]1[C@H]1CCCc2ccccc21. The van der Waals surface area contributed by atoms with Gasteiger partial charge >= 0.3 is 0 Å². The third kappa shape index (κ3) is 2.27. The molecule has 2 aliphatic rings. The van der Waals surface area contributed by atoms with E-state index in [2.05, 4.69) is 24.3 Å². The summed E-state index contributed by atoms with van der Waals surface area (Å²) < 4.78 is 0. The van der Waals surface area contributed by atoms with Gasteiger partial charge in [-0.25, -0.2) is 0 Å². The van der Waals surface area contributed by atoms with E-state index in [0.29, 0.717) is 12.0 Å². The zero-order chi connectivity index (χ0) is 13.2. The van der Waals surface area contributed by atoms with Gasteiger partial charge in [-0.1, -0.05) is 24.3 Å². The summed E-state index contributed by atoms with van der Waals surface area (Å²) in [5.74, 6) is 0.633. The van der Waals surface area contributed by atoms with Crippen LogP contribution < -0.4 is 5.73 Å². The molecule has 1 fully saturated rings. The predicted molar refractivity (Wildman–Crippen MR) is 75.9 cm³/mol. The molecule has 1 heterocycles. The second-order valence-corrected chi connectivity index (χ2v) is 5.70. The molecule has 102 valence electrons. The molecule has 0 saturated carbocycles. The van der Waals surface area contributed by atoms with Crippen molar-refractivity contribution in [2.24, 2.45) is 5.73 Å². The minimum absolute atomic E-state index is 0.116. The number of carbonyl (C=O) groups excluding carboxylic acids is 1. The van der Waals surface area contributed by atoms with E-state index in [1.807, 2.05) is 4.90 Å². The van der Waals surface area contributed by atoms with Gasteiger partial charge in [0.25, 0.3) is 0 Å². The smallest absolute Gasteiger partial charge is 0.236 e. The monoisotopic (exact) mass is 258 g/mol. The van der Waals surface area contributed by atoms with Gasteiger partial charge in [0, 0.05) is 18.5 Å². The van der Waals surface area contributed by atoms with Crippen molar-refractivity contribution in [1.82, 2.24) is 4.90 Å². The molecule has 3 rings (SSSR count). The quantitative estimate of drug-likeness (QED) is 0.882. The zero-order valence-electron chi connectivity index (χ0n) is 11.3. The molecule has 3 heteroatoms. The van der Waals surface area contributed by atoms with Crippen molar-refractivity contribution in [2.45, 2.75) is 44.1 Å². The summed E-state index contributed by atoms with van der Waals surface area (Å²) in [7, 11) is 0. The Balaban J connectivity index is 1.88. The number of hydrogen-bond donors (Lipinski definition) is 1. The summed E-state index contributed by atoms with van der Waals surface area (Å²) in [5, 5.41) is 0. The van der Waals surface area contributed by atoms with Gasteiger partial charge in [-0.15, -0.1) is 0 Å².